The number of carbonyl (C=O) groups is 1. The maximum atomic E-state index is 12.5. The van der Waals surface area contributed by atoms with Gasteiger partial charge in [0.1, 0.15) is 9.96 Å². The van der Waals surface area contributed by atoms with Crippen molar-refractivity contribution in [3.63, 3.8) is 0 Å². The third kappa shape index (κ3) is 5.58. The van der Waals surface area contributed by atoms with E-state index in [1.807, 2.05) is 19.1 Å². The number of amides is 1. The molecule has 1 aromatic heterocycles. The third-order valence-electron chi connectivity index (χ3n) is 5.16. The lowest BCUT2D eigenvalue weighted by Gasteiger charge is -2.32. The van der Waals surface area contributed by atoms with Gasteiger partial charge in [0.05, 0.1) is 0 Å². The number of hydrogen-bond donors (Lipinski definition) is 1. The SMILES string of the molecule is Cc1ccc(C(C)C)cc1OCC(=O)N1CCC(NS(=O)(=O)c2cccs2)CC1. The zero-order valence-corrected chi connectivity index (χ0v) is 18.7. The summed E-state index contributed by atoms with van der Waals surface area (Å²) in [5.41, 5.74) is 2.18. The van der Waals surface area contributed by atoms with Crippen LogP contribution in [0.1, 0.15) is 43.7 Å². The predicted molar refractivity (Wildman–Crippen MR) is 115 cm³/mol. The highest BCUT2D eigenvalue weighted by atomic mass is 32.2. The Balaban J connectivity index is 1.50. The summed E-state index contributed by atoms with van der Waals surface area (Å²) in [6.07, 6.45) is 1.19. The summed E-state index contributed by atoms with van der Waals surface area (Å²) in [5.74, 6) is 1.06. The largest absolute Gasteiger partial charge is 0.483 e. The topological polar surface area (TPSA) is 75.7 Å². The van der Waals surface area contributed by atoms with Gasteiger partial charge in [0.25, 0.3) is 5.91 Å². The van der Waals surface area contributed by atoms with Crippen molar-refractivity contribution in [2.24, 2.45) is 0 Å². The molecular formula is C21H28N2O4S2. The number of rotatable bonds is 7. The summed E-state index contributed by atoms with van der Waals surface area (Å²) in [5, 5.41) is 1.74. The van der Waals surface area contributed by atoms with Crippen LogP contribution < -0.4 is 9.46 Å². The van der Waals surface area contributed by atoms with Crippen LogP contribution in [0.25, 0.3) is 0 Å². The summed E-state index contributed by atoms with van der Waals surface area (Å²) in [6.45, 7) is 7.24. The molecule has 1 aromatic carbocycles. The first kappa shape index (κ1) is 21.8. The fourth-order valence-corrected chi connectivity index (χ4v) is 5.62. The van der Waals surface area contributed by atoms with Gasteiger partial charge in [-0.15, -0.1) is 11.3 Å². The first-order valence-corrected chi connectivity index (χ1v) is 12.2. The van der Waals surface area contributed by atoms with Crippen LogP contribution in [-0.2, 0) is 14.8 Å². The monoisotopic (exact) mass is 436 g/mol. The molecule has 1 fully saturated rings. The Labute approximate surface area is 176 Å². The third-order valence-corrected chi connectivity index (χ3v) is 8.08. The molecule has 0 unspecified atom stereocenters. The summed E-state index contributed by atoms with van der Waals surface area (Å²) < 4.78 is 33.6. The number of thiophene rings is 1. The number of aryl methyl sites for hydroxylation is 1. The number of carbonyl (C=O) groups excluding carboxylic acids is 1. The van der Waals surface area contributed by atoms with Crippen LogP contribution in [0.3, 0.4) is 0 Å². The van der Waals surface area contributed by atoms with Crippen molar-refractivity contribution in [1.82, 2.24) is 9.62 Å². The average molecular weight is 437 g/mol. The smallest absolute Gasteiger partial charge is 0.260 e. The van der Waals surface area contributed by atoms with Crippen molar-refractivity contribution in [2.45, 2.75) is 49.8 Å². The standard InChI is InChI=1S/C21H28N2O4S2/c1-15(2)17-7-6-16(3)19(13-17)27-14-20(24)23-10-8-18(9-11-23)22-29(25,26)21-5-4-12-28-21/h4-7,12-13,15,18,22H,8-11,14H2,1-3H3. The van der Waals surface area contributed by atoms with Crippen LogP contribution in [-0.4, -0.2) is 45.0 Å². The van der Waals surface area contributed by atoms with E-state index < -0.39 is 10.0 Å². The van der Waals surface area contributed by atoms with E-state index in [2.05, 4.69) is 24.6 Å². The maximum absolute atomic E-state index is 12.5. The van der Waals surface area contributed by atoms with Crippen molar-refractivity contribution in [3.8, 4) is 5.75 Å². The van der Waals surface area contributed by atoms with E-state index >= 15 is 0 Å². The molecule has 0 spiro atoms. The van der Waals surface area contributed by atoms with Crippen LogP contribution in [0.15, 0.2) is 39.9 Å². The number of benzene rings is 1. The van der Waals surface area contributed by atoms with Gasteiger partial charge in [0.2, 0.25) is 10.0 Å². The quantitative estimate of drug-likeness (QED) is 0.720. The molecule has 1 N–H and O–H groups in total. The Kier molecular flexibility index (Phi) is 6.97. The second-order valence-corrected chi connectivity index (χ2v) is 10.6. The molecule has 0 aliphatic carbocycles. The zero-order valence-electron chi connectivity index (χ0n) is 17.1. The first-order chi connectivity index (χ1) is 13.8. The van der Waals surface area contributed by atoms with Gasteiger partial charge in [-0.25, -0.2) is 13.1 Å². The van der Waals surface area contributed by atoms with Gasteiger partial charge in [-0.05, 0) is 54.3 Å². The second-order valence-electron chi connectivity index (χ2n) is 7.68. The molecule has 2 aromatic rings. The molecule has 0 saturated carbocycles. The fraction of sp³-hybridized carbons (Fsp3) is 0.476. The summed E-state index contributed by atoms with van der Waals surface area (Å²) in [7, 11) is -3.48. The number of ether oxygens (including phenoxy) is 1. The van der Waals surface area contributed by atoms with Gasteiger partial charge in [-0.2, -0.15) is 0 Å². The predicted octanol–water partition coefficient (Wildman–Crippen LogP) is 3.53. The van der Waals surface area contributed by atoms with Gasteiger partial charge < -0.3 is 9.64 Å². The van der Waals surface area contributed by atoms with Crippen molar-refractivity contribution in [2.75, 3.05) is 19.7 Å². The lowest BCUT2D eigenvalue weighted by molar-refractivity contribution is -0.134. The molecular weight excluding hydrogens is 408 g/mol. The van der Waals surface area contributed by atoms with Crippen molar-refractivity contribution in [3.05, 3.63) is 46.8 Å². The second kappa shape index (κ2) is 9.28. The number of hydrogen-bond acceptors (Lipinski definition) is 5. The van der Waals surface area contributed by atoms with E-state index in [0.717, 1.165) is 11.3 Å². The van der Waals surface area contributed by atoms with Crippen LogP contribution in [0, 0.1) is 6.92 Å². The van der Waals surface area contributed by atoms with E-state index in [-0.39, 0.29) is 18.6 Å². The molecule has 29 heavy (non-hydrogen) atoms. The van der Waals surface area contributed by atoms with Crippen LogP contribution in [0.5, 0.6) is 5.75 Å². The zero-order chi connectivity index (χ0) is 21.0. The van der Waals surface area contributed by atoms with E-state index in [1.165, 1.54) is 16.9 Å². The molecule has 0 radical (unpaired) electrons. The Bertz CT molecular complexity index is 932. The molecule has 3 rings (SSSR count). The minimum atomic E-state index is -3.48. The number of likely N-dealkylation sites (tertiary alicyclic amines) is 1. The first-order valence-electron chi connectivity index (χ1n) is 9.83. The number of sulfonamides is 1. The molecule has 8 heteroatoms. The van der Waals surface area contributed by atoms with Gasteiger partial charge in [0, 0.05) is 19.1 Å². The highest BCUT2D eigenvalue weighted by Crippen LogP contribution is 2.24. The summed E-state index contributed by atoms with van der Waals surface area (Å²) in [4.78, 5) is 14.3. The molecule has 158 valence electrons. The molecule has 6 nitrogen and oxygen atoms in total. The minimum Gasteiger partial charge on any atom is -0.483 e. The molecule has 1 amide bonds. The van der Waals surface area contributed by atoms with Gasteiger partial charge in [0.15, 0.2) is 6.61 Å². The van der Waals surface area contributed by atoms with E-state index in [1.54, 1.807) is 22.4 Å². The Morgan fingerprint density at radius 2 is 2.00 bits per heavy atom. The highest BCUT2D eigenvalue weighted by molar-refractivity contribution is 7.91. The summed E-state index contributed by atoms with van der Waals surface area (Å²) >= 11 is 1.20. The lowest BCUT2D eigenvalue weighted by Crippen LogP contribution is -2.47. The molecule has 0 atom stereocenters. The van der Waals surface area contributed by atoms with Gasteiger partial charge >= 0.3 is 0 Å². The Morgan fingerprint density at radius 3 is 2.62 bits per heavy atom. The molecule has 1 aliphatic rings. The lowest BCUT2D eigenvalue weighted by atomic mass is 10.0. The number of piperidine rings is 1. The fourth-order valence-electron chi connectivity index (χ4n) is 3.30. The number of nitrogens with zero attached hydrogens (tertiary/aromatic N) is 1. The number of nitrogens with one attached hydrogen (secondary N) is 1. The molecule has 0 bridgehead atoms. The van der Waals surface area contributed by atoms with Gasteiger partial charge in [-0.3, -0.25) is 4.79 Å². The van der Waals surface area contributed by atoms with E-state index in [4.69, 9.17) is 4.74 Å². The molecule has 2 heterocycles. The summed E-state index contributed by atoms with van der Waals surface area (Å²) in [6, 6.07) is 9.26. The minimum absolute atomic E-state index is 0.00597. The van der Waals surface area contributed by atoms with Gasteiger partial charge in [-0.1, -0.05) is 32.0 Å². The van der Waals surface area contributed by atoms with Crippen molar-refractivity contribution < 1.29 is 17.9 Å². The normalized spacial score (nSPS) is 15.7. The van der Waals surface area contributed by atoms with Crippen LogP contribution >= 0.6 is 11.3 Å². The van der Waals surface area contributed by atoms with E-state index in [0.29, 0.717) is 36.1 Å². The van der Waals surface area contributed by atoms with Crippen molar-refractivity contribution in [1.29, 1.82) is 0 Å². The average Bonchev–Trinajstić information content (AvgIpc) is 3.23. The van der Waals surface area contributed by atoms with E-state index in [9.17, 15) is 13.2 Å². The molecule has 1 saturated heterocycles. The Hall–Kier alpha value is -1.90. The highest BCUT2D eigenvalue weighted by Gasteiger charge is 2.27. The van der Waals surface area contributed by atoms with Crippen LogP contribution in [0.2, 0.25) is 0 Å². The van der Waals surface area contributed by atoms with Crippen molar-refractivity contribution >= 4 is 27.3 Å². The maximum Gasteiger partial charge on any atom is 0.260 e. The molecule has 1 aliphatic heterocycles. The van der Waals surface area contributed by atoms with Crippen LogP contribution in [0.4, 0.5) is 0 Å². The Morgan fingerprint density at radius 1 is 1.28 bits per heavy atom.